The molecule has 0 aromatic carbocycles. The maximum atomic E-state index is 8.49. The average molecular weight is 253 g/mol. The molecule has 0 amide bonds. The van der Waals surface area contributed by atoms with E-state index in [0.29, 0.717) is 0 Å². The minimum atomic E-state index is -4.94. The quantitative estimate of drug-likeness (QED) is 0.525. The highest BCUT2D eigenvalue weighted by molar-refractivity contribution is 4.78. The van der Waals surface area contributed by atoms with Gasteiger partial charge in [0.1, 0.15) is 12.4 Å². The van der Waals surface area contributed by atoms with E-state index in [-0.39, 0.29) is 0 Å². The first-order valence-corrected chi connectivity index (χ1v) is 6.12. The average Bonchev–Trinajstić information content (AvgIpc) is 2.42. The normalized spacial score (nSPS) is 10.9. The molecule has 0 N–H and O–H groups in total. The number of nitrogens with zero attached hydrogens (tertiary/aromatic N) is 2. The van der Waals surface area contributed by atoms with Gasteiger partial charge in [0.25, 0.3) is 5.82 Å². The van der Waals surface area contributed by atoms with Crippen LogP contribution in [-0.2, 0) is 13.6 Å². The summed E-state index contributed by atoms with van der Waals surface area (Å²) in [6.45, 7) is 5.53. The van der Waals surface area contributed by atoms with Crippen LogP contribution in [0.5, 0.6) is 0 Å². The third-order valence-electron chi connectivity index (χ3n) is 2.15. The number of imidazole rings is 1. The molecular formula is C9H17ClN2O4. The highest BCUT2D eigenvalue weighted by Gasteiger charge is 2.06. The maximum absolute atomic E-state index is 8.49. The summed E-state index contributed by atoms with van der Waals surface area (Å²) in [5, 5.41) is 0. The molecule has 0 fully saturated rings. The molecule has 1 aromatic rings. The highest BCUT2D eigenvalue weighted by atomic mass is 35.7. The van der Waals surface area contributed by atoms with E-state index in [2.05, 4.69) is 42.4 Å². The monoisotopic (exact) mass is 252 g/mol. The van der Waals surface area contributed by atoms with Crippen LogP contribution in [0.25, 0.3) is 0 Å². The fraction of sp³-hybridized carbons (Fsp3) is 0.667. The Balaban J connectivity index is 0.000000385. The maximum Gasteiger partial charge on any atom is 0.253 e. The van der Waals surface area contributed by atoms with Gasteiger partial charge >= 0.3 is 0 Å². The van der Waals surface area contributed by atoms with Crippen LogP contribution in [-0.4, -0.2) is 4.57 Å². The highest BCUT2D eigenvalue weighted by Crippen LogP contribution is 1.96. The molecule has 6 nitrogen and oxygen atoms in total. The molecule has 0 unspecified atom stereocenters. The van der Waals surface area contributed by atoms with Crippen LogP contribution in [0.15, 0.2) is 12.4 Å². The SMILES string of the molecule is CCCCn1cc[n+](C)c1C.[O-][Cl+3]([O-])([O-])[O-]. The van der Waals surface area contributed by atoms with Crippen LogP contribution in [0.4, 0.5) is 0 Å². The van der Waals surface area contributed by atoms with Gasteiger partial charge in [-0.25, -0.2) is 27.8 Å². The lowest BCUT2D eigenvalue weighted by Crippen LogP contribution is -2.68. The molecule has 16 heavy (non-hydrogen) atoms. The molecule has 1 heterocycles. The molecule has 1 rings (SSSR count). The number of halogens is 1. The van der Waals surface area contributed by atoms with Gasteiger partial charge in [0.2, 0.25) is 0 Å². The third-order valence-corrected chi connectivity index (χ3v) is 2.15. The van der Waals surface area contributed by atoms with E-state index in [1.54, 1.807) is 0 Å². The van der Waals surface area contributed by atoms with Crippen molar-refractivity contribution in [3.63, 3.8) is 0 Å². The van der Waals surface area contributed by atoms with Crippen LogP contribution in [0.2, 0.25) is 0 Å². The lowest BCUT2D eigenvalue weighted by molar-refractivity contribution is -2.00. The van der Waals surface area contributed by atoms with E-state index >= 15 is 0 Å². The van der Waals surface area contributed by atoms with E-state index < -0.39 is 10.2 Å². The largest absolute Gasteiger partial charge is 0.253 e. The zero-order valence-electron chi connectivity index (χ0n) is 9.68. The fourth-order valence-electron chi connectivity index (χ4n) is 1.16. The molecule has 0 aliphatic carbocycles. The van der Waals surface area contributed by atoms with Crippen molar-refractivity contribution >= 4 is 0 Å². The second kappa shape index (κ2) is 6.82. The molecule has 0 aliphatic rings. The van der Waals surface area contributed by atoms with Crippen LogP contribution >= 0.6 is 0 Å². The molecule has 94 valence electrons. The van der Waals surface area contributed by atoms with E-state index in [0.717, 1.165) is 6.54 Å². The summed E-state index contributed by atoms with van der Waals surface area (Å²) in [4.78, 5) is 0. The number of hydrogen-bond donors (Lipinski definition) is 0. The Morgan fingerprint density at radius 2 is 1.81 bits per heavy atom. The molecule has 1 aromatic heterocycles. The summed E-state index contributed by atoms with van der Waals surface area (Å²) < 4.78 is 38.4. The summed E-state index contributed by atoms with van der Waals surface area (Å²) in [6.07, 6.45) is 6.78. The predicted molar refractivity (Wildman–Crippen MR) is 45.3 cm³/mol. The lowest BCUT2D eigenvalue weighted by atomic mass is 10.3. The third kappa shape index (κ3) is 7.61. The van der Waals surface area contributed by atoms with Crippen molar-refractivity contribution in [2.75, 3.05) is 0 Å². The fourth-order valence-corrected chi connectivity index (χ4v) is 1.16. The zero-order chi connectivity index (χ0) is 12.8. The molecule has 0 spiro atoms. The first-order valence-electron chi connectivity index (χ1n) is 4.88. The summed E-state index contributed by atoms with van der Waals surface area (Å²) >= 11 is 0. The summed E-state index contributed by atoms with van der Waals surface area (Å²) in [5.74, 6) is 1.33. The number of hydrogen-bond acceptors (Lipinski definition) is 4. The van der Waals surface area contributed by atoms with Gasteiger partial charge in [-0.1, -0.05) is 13.3 Å². The number of aromatic nitrogens is 2. The minimum Gasteiger partial charge on any atom is -0.237 e. The Kier molecular flexibility index (Phi) is 6.54. The molecule has 0 saturated carbocycles. The van der Waals surface area contributed by atoms with Gasteiger partial charge in [0.05, 0.1) is 13.6 Å². The predicted octanol–water partition coefficient (Wildman–Crippen LogP) is -3.33. The summed E-state index contributed by atoms with van der Waals surface area (Å²) in [7, 11) is -2.86. The van der Waals surface area contributed by atoms with Crippen molar-refractivity contribution in [2.45, 2.75) is 33.2 Å². The zero-order valence-corrected chi connectivity index (χ0v) is 10.4. The van der Waals surface area contributed by atoms with Gasteiger partial charge < -0.3 is 0 Å². The van der Waals surface area contributed by atoms with E-state index in [9.17, 15) is 0 Å². The summed E-state index contributed by atoms with van der Waals surface area (Å²) in [5.41, 5.74) is 0. The van der Waals surface area contributed by atoms with Gasteiger partial charge in [0.15, 0.2) is 0 Å². The van der Waals surface area contributed by atoms with Crippen LogP contribution in [0.3, 0.4) is 0 Å². The number of unbranched alkanes of at least 4 members (excludes halogenated alkanes) is 1. The molecule has 0 bridgehead atoms. The molecule has 0 saturated heterocycles. The van der Waals surface area contributed by atoms with E-state index in [4.69, 9.17) is 18.6 Å². The Hall–Kier alpha value is -0.660. The van der Waals surface area contributed by atoms with Gasteiger partial charge in [-0.05, 0) is 6.42 Å². The Morgan fingerprint density at radius 1 is 1.31 bits per heavy atom. The van der Waals surface area contributed by atoms with Crippen molar-refractivity contribution in [2.24, 2.45) is 7.05 Å². The smallest absolute Gasteiger partial charge is 0.237 e. The van der Waals surface area contributed by atoms with E-state index in [1.165, 1.54) is 18.7 Å². The minimum absolute atomic E-state index is 1.16. The second-order valence-corrected chi connectivity index (χ2v) is 4.14. The first kappa shape index (κ1) is 15.3. The van der Waals surface area contributed by atoms with Gasteiger partial charge in [0, 0.05) is 6.92 Å². The Labute approximate surface area is 97.1 Å². The van der Waals surface area contributed by atoms with E-state index in [1.807, 2.05) is 0 Å². The lowest BCUT2D eigenvalue weighted by Gasteiger charge is -2.17. The summed E-state index contributed by atoms with van der Waals surface area (Å²) in [6, 6.07) is 0. The van der Waals surface area contributed by atoms with Crippen LogP contribution in [0.1, 0.15) is 25.6 Å². The molecule has 0 atom stereocenters. The Bertz CT molecular complexity index is 303. The van der Waals surface area contributed by atoms with Gasteiger partial charge in [-0.2, -0.15) is 0 Å². The first-order chi connectivity index (χ1) is 7.25. The molecule has 0 radical (unpaired) electrons. The van der Waals surface area contributed by atoms with Crippen molar-refractivity contribution in [3.05, 3.63) is 18.2 Å². The van der Waals surface area contributed by atoms with Crippen molar-refractivity contribution in [1.82, 2.24) is 4.57 Å². The molecular weight excluding hydrogens is 236 g/mol. The topological polar surface area (TPSA) is 101 Å². The second-order valence-electron chi connectivity index (χ2n) is 3.38. The number of rotatable bonds is 3. The van der Waals surface area contributed by atoms with Gasteiger partial charge in [-0.15, -0.1) is 10.2 Å². The number of aryl methyl sites for hydroxylation is 2. The van der Waals surface area contributed by atoms with Crippen LogP contribution in [0, 0.1) is 17.2 Å². The molecule has 0 aliphatic heterocycles. The van der Waals surface area contributed by atoms with Crippen molar-refractivity contribution < 1.29 is 33.4 Å². The molecule has 7 heteroatoms. The van der Waals surface area contributed by atoms with Crippen molar-refractivity contribution in [3.8, 4) is 0 Å². The van der Waals surface area contributed by atoms with Gasteiger partial charge in [-0.3, -0.25) is 0 Å². The van der Waals surface area contributed by atoms with Crippen molar-refractivity contribution in [1.29, 1.82) is 0 Å². The Morgan fingerprint density at radius 3 is 2.12 bits per heavy atom. The van der Waals surface area contributed by atoms with Crippen LogP contribution < -0.4 is 23.2 Å². The standard InChI is InChI=1S/C9H17N2.ClHO4/c1-4-5-6-11-8-7-10(3)9(11)2;2-1(3,4)5/h7-8H,4-6H2,1-3H3;(H,2,3,4,5)/q+1;/p-1.